The average Bonchev–Trinajstić information content (AvgIpc) is 2.51. The van der Waals surface area contributed by atoms with E-state index in [2.05, 4.69) is 0 Å². The fraction of sp³-hybridized carbons (Fsp3) is 1.00. The smallest absolute Gasteiger partial charge is 0.157 e. The molecule has 0 aromatic carbocycles. The highest BCUT2D eigenvalue weighted by Gasteiger charge is 2.36. The minimum atomic E-state index is -3.16. The number of sulfone groups is 1. The highest BCUT2D eigenvalue weighted by atomic mass is 32.2. The minimum absolute atomic E-state index is 0.0286. The molecule has 0 aliphatic carbocycles. The Hall–Kier alpha value is -0.170. The van der Waals surface area contributed by atoms with Crippen molar-refractivity contribution in [1.82, 2.24) is 0 Å². The zero-order chi connectivity index (χ0) is 11.5. The van der Waals surface area contributed by atoms with Crippen molar-refractivity contribution in [3.63, 3.8) is 0 Å². The van der Waals surface area contributed by atoms with Gasteiger partial charge in [0.1, 0.15) is 0 Å². The van der Waals surface area contributed by atoms with Gasteiger partial charge in [-0.3, -0.25) is 0 Å². The van der Waals surface area contributed by atoms with Crippen molar-refractivity contribution in [3.05, 3.63) is 0 Å². The van der Waals surface area contributed by atoms with Crippen LogP contribution in [0.25, 0.3) is 0 Å². The molecule has 1 aliphatic heterocycles. The summed E-state index contributed by atoms with van der Waals surface area (Å²) in [6.45, 7) is 2.57. The fourth-order valence-electron chi connectivity index (χ4n) is 1.87. The fourth-order valence-corrected chi connectivity index (χ4v) is 3.93. The van der Waals surface area contributed by atoms with Crippen LogP contribution in [0.4, 0.5) is 0 Å². The third kappa shape index (κ3) is 3.41. The molecule has 3 atom stereocenters. The van der Waals surface area contributed by atoms with Gasteiger partial charge in [-0.1, -0.05) is 0 Å². The summed E-state index contributed by atoms with van der Waals surface area (Å²) in [4.78, 5) is 0. The molecule has 1 saturated heterocycles. The van der Waals surface area contributed by atoms with Crippen LogP contribution in [-0.2, 0) is 19.3 Å². The molecule has 90 valence electrons. The van der Waals surface area contributed by atoms with Crippen LogP contribution < -0.4 is 5.73 Å². The Bertz CT molecular complexity index is 290. The molecule has 0 aromatic heterocycles. The predicted molar refractivity (Wildman–Crippen MR) is 57.5 cm³/mol. The van der Waals surface area contributed by atoms with Gasteiger partial charge in [-0.15, -0.1) is 0 Å². The Kier molecular flexibility index (Phi) is 4.51. The Morgan fingerprint density at radius 2 is 2.27 bits per heavy atom. The third-order valence-corrected chi connectivity index (χ3v) is 5.03. The van der Waals surface area contributed by atoms with Crippen LogP contribution in [0.2, 0.25) is 0 Å². The molecule has 1 aliphatic rings. The molecule has 0 bridgehead atoms. The van der Waals surface area contributed by atoms with Crippen molar-refractivity contribution < 1.29 is 17.9 Å². The van der Waals surface area contributed by atoms with Gasteiger partial charge in [0.25, 0.3) is 0 Å². The van der Waals surface area contributed by atoms with E-state index in [1.54, 1.807) is 6.92 Å². The molecule has 6 heteroatoms. The second-order valence-corrected chi connectivity index (χ2v) is 6.21. The second-order valence-electron chi connectivity index (χ2n) is 3.95. The Morgan fingerprint density at radius 1 is 1.60 bits per heavy atom. The maximum Gasteiger partial charge on any atom is 0.157 e. The lowest BCUT2D eigenvalue weighted by atomic mass is 10.3. The van der Waals surface area contributed by atoms with E-state index in [1.165, 1.54) is 7.11 Å². The van der Waals surface area contributed by atoms with E-state index in [4.69, 9.17) is 15.2 Å². The number of methoxy groups -OCH3 is 1. The van der Waals surface area contributed by atoms with Gasteiger partial charge in [0, 0.05) is 19.8 Å². The van der Waals surface area contributed by atoms with Gasteiger partial charge in [0.2, 0.25) is 0 Å². The van der Waals surface area contributed by atoms with E-state index in [0.29, 0.717) is 13.0 Å². The van der Waals surface area contributed by atoms with E-state index < -0.39 is 21.1 Å². The summed E-state index contributed by atoms with van der Waals surface area (Å²) in [7, 11) is -1.65. The summed E-state index contributed by atoms with van der Waals surface area (Å²) >= 11 is 0. The first-order valence-electron chi connectivity index (χ1n) is 5.05. The zero-order valence-corrected chi connectivity index (χ0v) is 10.00. The summed E-state index contributed by atoms with van der Waals surface area (Å²) in [5, 5.41) is -0.402. The average molecular weight is 237 g/mol. The Balaban J connectivity index is 2.58. The first-order valence-corrected chi connectivity index (χ1v) is 6.76. The molecule has 1 fully saturated rings. The number of hydrogen-bond donors (Lipinski definition) is 1. The SMILES string of the molecule is COCC(N)CS(=O)(=O)C1CCOC1C. The van der Waals surface area contributed by atoms with Crippen LogP contribution in [0, 0.1) is 0 Å². The van der Waals surface area contributed by atoms with Gasteiger partial charge in [-0.05, 0) is 13.3 Å². The summed E-state index contributed by atoms with van der Waals surface area (Å²) in [6.07, 6.45) is 0.355. The largest absolute Gasteiger partial charge is 0.383 e. The van der Waals surface area contributed by atoms with Crippen LogP contribution in [0.1, 0.15) is 13.3 Å². The Labute approximate surface area is 90.8 Å². The van der Waals surface area contributed by atoms with Crippen LogP contribution in [0.5, 0.6) is 0 Å². The molecule has 2 N–H and O–H groups in total. The normalized spacial score (nSPS) is 29.3. The quantitative estimate of drug-likeness (QED) is 0.701. The molecule has 3 unspecified atom stereocenters. The van der Waals surface area contributed by atoms with Gasteiger partial charge in [0.05, 0.1) is 23.7 Å². The minimum Gasteiger partial charge on any atom is -0.383 e. The number of ether oxygens (including phenoxy) is 2. The van der Waals surface area contributed by atoms with Gasteiger partial charge >= 0.3 is 0 Å². The van der Waals surface area contributed by atoms with Gasteiger partial charge < -0.3 is 15.2 Å². The van der Waals surface area contributed by atoms with Crippen LogP contribution >= 0.6 is 0 Å². The van der Waals surface area contributed by atoms with Crippen molar-refractivity contribution >= 4 is 9.84 Å². The van der Waals surface area contributed by atoms with Crippen molar-refractivity contribution in [2.24, 2.45) is 5.73 Å². The van der Waals surface area contributed by atoms with Crippen molar-refractivity contribution in [1.29, 1.82) is 0 Å². The molecule has 0 spiro atoms. The highest BCUT2D eigenvalue weighted by molar-refractivity contribution is 7.92. The van der Waals surface area contributed by atoms with Crippen molar-refractivity contribution in [3.8, 4) is 0 Å². The molecule has 5 nitrogen and oxygen atoms in total. The Morgan fingerprint density at radius 3 is 2.73 bits per heavy atom. The van der Waals surface area contributed by atoms with Crippen LogP contribution in [0.3, 0.4) is 0 Å². The predicted octanol–water partition coefficient (Wildman–Crippen LogP) is -0.448. The lowest BCUT2D eigenvalue weighted by Gasteiger charge is -2.17. The number of nitrogens with two attached hydrogens (primary N) is 1. The topological polar surface area (TPSA) is 78.6 Å². The molecule has 0 amide bonds. The molecular weight excluding hydrogens is 218 g/mol. The van der Waals surface area contributed by atoms with Gasteiger partial charge in [-0.25, -0.2) is 8.42 Å². The van der Waals surface area contributed by atoms with E-state index in [-0.39, 0.29) is 18.5 Å². The lowest BCUT2D eigenvalue weighted by Crippen LogP contribution is -2.40. The standard InChI is InChI=1S/C9H19NO4S/c1-7-9(3-4-14-7)15(11,12)6-8(10)5-13-2/h7-9H,3-6,10H2,1-2H3. The maximum atomic E-state index is 11.9. The molecule has 0 radical (unpaired) electrons. The van der Waals surface area contributed by atoms with E-state index in [1.807, 2.05) is 0 Å². The summed E-state index contributed by atoms with van der Waals surface area (Å²) in [5.41, 5.74) is 5.64. The second kappa shape index (κ2) is 5.25. The number of rotatable bonds is 5. The lowest BCUT2D eigenvalue weighted by molar-refractivity contribution is 0.126. The summed E-state index contributed by atoms with van der Waals surface area (Å²) in [6, 6.07) is -0.451. The van der Waals surface area contributed by atoms with Gasteiger partial charge in [-0.2, -0.15) is 0 Å². The summed E-state index contributed by atoms with van der Waals surface area (Å²) in [5.74, 6) is -0.0286. The van der Waals surface area contributed by atoms with E-state index >= 15 is 0 Å². The molecule has 15 heavy (non-hydrogen) atoms. The molecule has 0 aromatic rings. The summed E-state index contributed by atoms with van der Waals surface area (Å²) < 4.78 is 33.9. The first-order chi connectivity index (χ1) is 6.97. The van der Waals surface area contributed by atoms with Crippen LogP contribution in [0.15, 0.2) is 0 Å². The zero-order valence-electron chi connectivity index (χ0n) is 9.18. The van der Waals surface area contributed by atoms with Crippen molar-refractivity contribution in [2.75, 3.05) is 26.1 Å². The number of hydrogen-bond acceptors (Lipinski definition) is 5. The van der Waals surface area contributed by atoms with E-state index in [0.717, 1.165) is 0 Å². The third-order valence-electron chi connectivity index (χ3n) is 2.60. The molecule has 0 saturated carbocycles. The van der Waals surface area contributed by atoms with E-state index in [9.17, 15) is 8.42 Å². The monoisotopic (exact) mass is 237 g/mol. The molecular formula is C9H19NO4S. The maximum absolute atomic E-state index is 11.9. The van der Waals surface area contributed by atoms with Crippen LogP contribution in [-0.4, -0.2) is 51.9 Å². The molecule has 1 rings (SSSR count). The van der Waals surface area contributed by atoms with Gasteiger partial charge in [0.15, 0.2) is 9.84 Å². The highest BCUT2D eigenvalue weighted by Crippen LogP contribution is 2.21. The van der Waals surface area contributed by atoms with Crippen molar-refractivity contribution in [2.45, 2.75) is 30.7 Å². The first kappa shape index (κ1) is 12.9. The molecule has 1 heterocycles.